The fourth-order valence-electron chi connectivity index (χ4n) is 22.5. The van der Waals surface area contributed by atoms with E-state index in [4.69, 9.17) is 0 Å². The van der Waals surface area contributed by atoms with Gasteiger partial charge in [-0.1, -0.05) is 261 Å². The first-order chi connectivity index (χ1) is 74.3. The summed E-state index contributed by atoms with van der Waals surface area (Å²) in [7, 11) is 0. The number of carboxylic acid groups (broad SMARTS) is 1. The summed E-state index contributed by atoms with van der Waals surface area (Å²) in [6, 6.07) is 63.4. The summed E-state index contributed by atoms with van der Waals surface area (Å²) in [6.07, 6.45) is 18.8. The van der Waals surface area contributed by atoms with Gasteiger partial charge in [0.15, 0.2) is 0 Å². The van der Waals surface area contributed by atoms with Gasteiger partial charge in [-0.2, -0.15) is 0 Å². The molecule has 1 aliphatic heterocycles. The number of aldehydes is 1. The van der Waals surface area contributed by atoms with Gasteiger partial charge in [0.05, 0.1) is 22.8 Å². The number of para-hydroxylation sites is 1. The monoisotopic (exact) mass is 1890 g/mol. The average molecular weight is 1890 g/mol. The molecule has 21 rings (SSSR count). The SMILES string of the molecule is CC#CC#CC#CC#CC#CC#CC#CC#CC#CC#CC#CC#CC#CC#CC#CC#CC#CC#CC#CC#CC#CC#CC#CC#CC#CC#CC#CC#CC#CC.CCCCC(CC)CC1N(c2ccccc2)C(c2ccccc2)C23C4=c5ccc6c7ccc8c9ccc%10c%11ccc%12c%13c(c%14c%15c2c5c6c2c7c8c5c9c%10c(c%13%11)c%14c5c%152)C13C=%12C=C4.CCCCC(CC)CC=O.O=C(O)C(Cc1ccccc1)c1ccccc1. The molecule has 150 heavy (non-hydrogen) atoms. The fourth-order valence-corrected chi connectivity index (χ4v) is 22.5. The van der Waals surface area contributed by atoms with Gasteiger partial charge in [0.2, 0.25) is 0 Å². The van der Waals surface area contributed by atoms with E-state index in [2.05, 4.69) is 497 Å². The van der Waals surface area contributed by atoms with Gasteiger partial charge in [-0.15, -0.1) is 0 Å². The molecule has 0 bridgehead atoms. The Labute approximate surface area is 877 Å². The summed E-state index contributed by atoms with van der Waals surface area (Å²) in [5.41, 5.74) is 10.6. The van der Waals surface area contributed by atoms with Crippen molar-refractivity contribution in [2.45, 2.75) is 141 Å². The molecule has 7 atom stereocenters. The van der Waals surface area contributed by atoms with Crippen molar-refractivity contribution in [3.63, 3.8) is 0 Å². The van der Waals surface area contributed by atoms with Crippen LogP contribution in [-0.2, 0) is 26.8 Å². The number of nitrogens with zero attached hydrogens (tertiary/aromatic N) is 1. The summed E-state index contributed by atoms with van der Waals surface area (Å²) in [5, 5.41) is 46.2. The Balaban J connectivity index is 0.000000157. The van der Waals surface area contributed by atoms with E-state index in [0.29, 0.717) is 18.3 Å². The van der Waals surface area contributed by atoms with Gasteiger partial charge in [-0.05, 0) is 313 Å². The zero-order valence-electron chi connectivity index (χ0n) is 82.8. The van der Waals surface area contributed by atoms with Crippen LogP contribution in [0.5, 0.6) is 0 Å². The van der Waals surface area contributed by atoms with Crippen molar-refractivity contribution in [3.05, 3.63) is 220 Å². The van der Waals surface area contributed by atoms with Crippen LogP contribution >= 0.6 is 0 Å². The van der Waals surface area contributed by atoms with Crippen molar-refractivity contribution in [2.75, 3.05) is 4.90 Å². The zero-order valence-corrected chi connectivity index (χ0v) is 82.8. The maximum atomic E-state index is 11.3. The number of anilines is 1. The average Bonchev–Trinajstić information content (AvgIpc) is 1.41. The minimum Gasteiger partial charge on any atom is -0.481 e. The molecule has 0 radical (unpaired) electrons. The molecule has 684 valence electrons. The molecule has 4 heteroatoms. The maximum absolute atomic E-state index is 11.3. The summed E-state index contributed by atoms with van der Waals surface area (Å²) >= 11 is 0. The van der Waals surface area contributed by atoms with Gasteiger partial charge in [0.25, 0.3) is 0 Å². The lowest BCUT2D eigenvalue weighted by atomic mass is 9.45. The number of allylic oxidation sites excluding steroid dienone is 2. The third kappa shape index (κ3) is 18.8. The number of carboxylic acids is 1. The van der Waals surface area contributed by atoms with Crippen LogP contribution < -0.4 is 15.3 Å². The van der Waals surface area contributed by atoms with Crippen LogP contribution in [0.15, 0.2) is 182 Å². The standard InChI is InChI=1S/C62H39N.C60H6.C15H14O2.C9H18O/c1-3-5-12-28(4-2)27-41-61-39-25-26-40-38-24-22-36-34-20-18-32-31-17-19-33-35-21-23-37(39)48-46(35)51-44(33)42(31)50-43(32)45(34)52-47(36)49(38)59(57-55(52)53(50)54(51)56(57)58(48)61)62(40,61)60(29-13-8-6-9-14-29)63(41)30-15-10-7-11-16-30;1-3-5-7-9-11-13-15-17-19-21-23-25-27-29-31-33-35-37-39-41-43-45-47-49-51-53-55-57-59-60-58-56-54-52-50-48-46-44-42-40-38-36-34-32-30-28-26-24-22-20-18-16-14-12-10-8-6-4-2;16-15(17)14(13-9-5-2-6-10-13)11-12-7-3-1-4-8-12;1-3-5-6-9(4-2)7-8-10/h6-11,13-26,28,41,60H,3-5,12,27H2,1-2H3;1-2H3;1-10,14H,11H2,(H,16,17);8-9H,3-7H2,1-2H3. The van der Waals surface area contributed by atoms with Crippen molar-refractivity contribution < 1.29 is 14.7 Å². The molecule has 0 amide bonds. The number of carbonyl (C=O) groups is 2. The van der Waals surface area contributed by atoms with E-state index in [0.717, 1.165) is 30.3 Å². The Hall–Kier alpha value is -21.9. The molecular weight excluding hydrogens is 1820 g/mol. The van der Waals surface area contributed by atoms with Gasteiger partial charge >= 0.3 is 5.97 Å². The van der Waals surface area contributed by atoms with Crippen LogP contribution in [0.3, 0.4) is 0 Å². The first-order valence-electron chi connectivity index (χ1n) is 49.1. The number of carbonyl (C=O) groups excluding carboxylic acids is 1. The van der Waals surface area contributed by atoms with E-state index < -0.39 is 11.9 Å². The van der Waals surface area contributed by atoms with Crippen molar-refractivity contribution >= 4 is 148 Å². The molecule has 1 N–H and O–H groups in total. The predicted octanol–water partition coefficient (Wildman–Crippen LogP) is 21.5. The van der Waals surface area contributed by atoms with Gasteiger partial charge in [0, 0.05) is 255 Å². The minimum absolute atomic E-state index is 0.0821. The highest BCUT2D eigenvalue weighted by Crippen LogP contribution is 2.81. The molecule has 1 heterocycles. The highest BCUT2D eigenvalue weighted by Gasteiger charge is 2.77. The Morgan fingerprint density at radius 2 is 0.587 bits per heavy atom. The van der Waals surface area contributed by atoms with Crippen LogP contribution in [0.4, 0.5) is 5.69 Å². The zero-order chi connectivity index (χ0) is 103. The molecule has 7 unspecified atom stereocenters. The number of rotatable bonds is 18. The second kappa shape index (κ2) is 47.1. The van der Waals surface area contributed by atoms with Gasteiger partial charge < -0.3 is 14.8 Å². The molecule has 1 fully saturated rings. The maximum Gasteiger partial charge on any atom is 0.311 e. The lowest BCUT2D eigenvalue weighted by Gasteiger charge is -2.54. The Kier molecular flexibility index (Phi) is 30.9. The molecule has 16 aromatic rings. The predicted molar refractivity (Wildman–Crippen MR) is 615 cm³/mol. The first kappa shape index (κ1) is 98.3. The topological polar surface area (TPSA) is 57.6 Å². The van der Waals surface area contributed by atoms with E-state index in [1.807, 2.05) is 60.7 Å². The van der Waals surface area contributed by atoms with Crippen LogP contribution in [0.2, 0.25) is 0 Å². The third-order valence-electron chi connectivity index (χ3n) is 27.7. The quantitative estimate of drug-likeness (QED) is 0.0528. The fraction of sp³-hybridized carbons (Fsp3) is 0.164. The summed E-state index contributed by atoms with van der Waals surface area (Å²) in [6.45, 7) is 12.6. The van der Waals surface area contributed by atoms with Gasteiger partial charge in [-0.3, -0.25) is 4.79 Å². The first-order valence-corrected chi connectivity index (χ1v) is 49.1. The van der Waals surface area contributed by atoms with Crippen molar-refractivity contribution in [1.82, 2.24) is 0 Å². The number of unbranched alkanes of at least 4 members (excludes halogenated alkanes) is 2. The molecule has 0 saturated carbocycles. The van der Waals surface area contributed by atoms with Gasteiger partial charge in [0.1, 0.15) is 6.29 Å². The molecule has 5 aliphatic rings. The van der Waals surface area contributed by atoms with Crippen LogP contribution in [0.1, 0.15) is 146 Å². The Bertz CT molecular complexity index is 10400. The summed E-state index contributed by atoms with van der Waals surface area (Å²) < 4.78 is 0. The number of benzene rings is 12. The van der Waals surface area contributed by atoms with Crippen molar-refractivity contribution in [3.8, 4) is 343 Å². The van der Waals surface area contributed by atoms with Crippen molar-refractivity contribution in [2.24, 2.45) is 11.8 Å². The van der Waals surface area contributed by atoms with E-state index in [1.165, 1.54) is 127 Å². The molecule has 4 aliphatic carbocycles. The normalized spacial score (nSPS) is 13.9. The van der Waals surface area contributed by atoms with Gasteiger partial charge in [-0.25, -0.2) is 0 Å². The third-order valence-corrected chi connectivity index (χ3v) is 27.7. The van der Waals surface area contributed by atoms with Crippen molar-refractivity contribution in [1.29, 1.82) is 0 Å². The van der Waals surface area contributed by atoms with E-state index in [-0.39, 0.29) is 22.9 Å². The van der Waals surface area contributed by atoms with Crippen LogP contribution in [0, 0.1) is 355 Å². The number of hydrogen-bond acceptors (Lipinski definition) is 3. The second-order valence-electron chi connectivity index (χ2n) is 35.2. The molecule has 1 saturated heterocycles. The molecule has 16 aromatic carbocycles. The van der Waals surface area contributed by atoms with Crippen LogP contribution in [-0.4, -0.2) is 23.4 Å². The van der Waals surface area contributed by atoms with E-state index in [9.17, 15) is 14.7 Å². The number of aliphatic carboxylic acids is 1. The number of hydrogen-bond donors (Lipinski definition) is 1. The Morgan fingerprint density at radius 1 is 0.313 bits per heavy atom. The lowest BCUT2D eigenvalue weighted by Crippen LogP contribution is -2.55. The van der Waals surface area contributed by atoms with Crippen LogP contribution in [0.25, 0.3) is 130 Å². The highest BCUT2D eigenvalue weighted by atomic mass is 16.4. The molecule has 4 nitrogen and oxygen atoms in total. The largest absolute Gasteiger partial charge is 0.481 e. The summed E-state index contributed by atoms with van der Waals surface area (Å²) in [5.74, 6) is 146. The molecule has 2 spiro atoms. The van der Waals surface area contributed by atoms with E-state index >= 15 is 0 Å². The minimum atomic E-state index is -0.778. The molecular formula is C146H77NO3. The highest BCUT2D eigenvalue weighted by molar-refractivity contribution is 6.64. The Morgan fingerprint density at radius 3 is 0.900 bits per heavy atom. The second-order valence-corrected chi connectivity index (χ2v) is 35.2. The van der Waals surface area contributed by atoms with E-state index in [1.54, 1.807) is 101 Å². The smallest absolute Gasteiger partial charge is 0.311 e. The lowest BCUT2D eigenvalue weighted by molar-refractivity contribution is -0.138. The summed E-state index contributed by atoms with van der Waals surface area (Å²) in [4.78, 5) is 24.5. The molecule has 0 aromatic heterocycles. The number of fused-ring (bicyclic) bond motifs is 3.